The summed E-state index contributed by atoms with van der Waals surface area (Å²) < 4.78 is 28.9. The third kappa shape index (κ3) is 2.94. The first-order valence-electron chi connectivity index (χ1n) is 5.15. The Kier molecular flexibility index (Phi) is 3.30. The molecule has 0 aliphatic heterocycles. The van der Waals surface area contributed by atoms with E-state index in [1.54, 1.807) is 12.1 Å². The molecule has 0 unspecified atom stereocenters. The molecule has 0 aliphatic rings. The van der Waals surface area contributed by atoms with Crippen LogP contribution in [0, 0.1) is 0 Å². The molecule has 0 amide bonds. The summed E-state index contributed by atoms with van der Waals surface area (Å²) in [5, 5.41) is 10.2. The fourth-order valence-corrected chi connectivity index (χ4v) is 2.03. The van der Waals surface area contributed by atoms with E-state index in [1.807, 2.05) is 0 Å². The molecule has 0 saturated heterocycles. The van der Waals surface area contributed by atoms with Gasteiger partial charge < -0.3 is 4.74 Å². The van der Waals surface area contributed by atoms with Crippen LogP contribution in [-0.4, -0.2) is 40.9 Å². The predicted molar refractivity (Wildman–Crippen MR) is 63.6 cm³/mol. The highest BCUT2D eigenvalue weighted by molar-refractivity contribution is 7.90. The normalized spacial score (nSPS) is 11.3. The Morgan fingerprint density at radius 3 is 2.42 bits per heavy atom. The molecule has 0 atom stereocenters. The van der Waals surface area contributed by atoms with E-state index in [2.05, 4.69) is 15.5 Å². The van der Waals surface area contributed by atoms with Crippen molar-refractivity contribution in [2.75, 3.05) is 6.26 Å². The lowest BCUT2D eigenvalue weighted by atomic mass is 10.3. The van der Waals surface area contributed by atoms with Crippen LogP contribution in [0.1, 0.15) is 6.92 Å². The second-order valence-corrected chi connectivity index (χ2v) is 5.64. The number of carbonyl (C=O) groups excluding carboxylic acids is 1. The van der Waals surface area contributed by atoms with Gasteiger partial charge in [0.15, 0.2) is 0 Å². The number of aromatic nitrogens is 4. The SMILES string of the molecule is CC(=O)Oc1ccc(-n2nnnc2S(C)(=O)=O)cc1. The first kappa shape index (κ1) is 13.1. The largest absolute Gasteiger partial charge is 0.427 e. The van der Waals surface area contributed by atoms with Crippen LogP contribution in [0.5, 0.6) is 5.75 Å². The van der Waals surface area contributed by atoms with Crippen LogP contribution in [0.3, 0.4) is 0 Å². The van der Waals surface area contributed by atoms with Crippen molar-refractivity contribution < 1.29 is 17.9 Å². The summed E-state index contributed by atoms with van der Waals surface area (Å²) in [4.78, 5) is 10.8. The number of hydrogen-bond acceptors (Lipinski definition) is 7. The van der Waals surface area contributed by atoms with Crippen LogP contribution in [0.25, 0.3) is 5.69 Å². The van der Waals surface area contributed by atoms with Crippen molar-refractivity contribution in [2.24, 2.45) is 0 Å². The zero-order valence-corrected chi connectivity index (χ0v) is 11.0. The topological polar surface area (TPSA) is 104 Å². The average molecular weight is 282 g/mol. The van der Waals surface area contributed by atoms with E-state index in [-0.39, 0.29) is 5.16 Å². The summed E-state index contributed by atoms with van der Waals surface area (Å²) in [7, 11) is -3.53. The Bertz CT molecular complexity index is 705. The molecule has 1 aromatic heterocycles. The van der Waals surface area contributed by atoms with Crippen LogP contribution >= 0.6 is 0 Å². The number of carbonyl (C=O) groups is 1. The zero-order valence-electron chi connectivity index (χ0n) is 10.1. The lowest BCUT2D eigenvalue weighted by Gasteiger charge is -2.04. The monoisotopic (exact) mass is 282 g/mol. The summed E-state index contributed by atoms with van der Waals surface area (Å²) >= 11 is 0. The van der Waals surface area contributed by atoms with Crippen LogP contribution < -0.4 is 4.74 Å². The van der Waals surface area contributed by atoms with Gasteiger partial charge in [0.25, 0.3) is 5.16 Å². The number of nitrogens with zero attached hydrogens (tertiary/aromatic N) is 4. The molecule has 100 valence electrons. The second-order valence-electron chi connectivity index (χ2n) is 3.73. The molecule has 1 aromatic carbocycles. The molecule has 0 spiro atoms. The molecule has 1 heterocycles. The number of rotatable bonds is 3. The van der Waals surface area contributed by atoms with Crippen molar-refractivity contribution >= 4 is 15.8 Å². The molecule has 0 N–H and O–H groups in total. The molecule has 0 aliphatic carbocycles. The Morgan fingerprint density at radius 2 is 1.89 bits per heavy atom. The third-order valence-corrected chi connectivity index (χ3v) is 3.03. The van der Waals surface area contributed by atoms with Gasteiger partial charge in [0.2, 0.25) is 9.84 Å². The molecular formula is C10H10N4O4S. The van der Waals surface area contributed by atoms with Gasteiger partial charge in [-0.15, -0.1) is 0 Å². The Balaban J connectivity index is 2.38. The lowest BCUT2D eigenvalue weighted by Crippen LogP contribution is -2.09. The Labute approximate surface area is 108 Å². The maximum absolute atomic E-state index is 11.5. The molecule has 0 bridgehead atoms. The molecule has 0 saturated carbocycles. The highest BCUT2D eigenvalue weighted by Crippen LogP contribution is 2.17. The van der Waals surface area contributed by atoms with Crippen LogP contribution in [-0.2, 0) is 14.6 Å². The highest BCUT2D eigenvalue weighted by Gasteiger charge is 2.18. The van der Waals surface area contributed by atoms with Crippen molar-refractivity contribution in [3.05, 3.63) is 24.3 Å². The molecule has 0 radical (unpaired) electrons. The predicted octanol–water partition coefficient (Wildman–Crippen LogP) is -0.00890. The summed E-state index contributed by atoms with van der Waals surface area (Å²) in [5.41, 5.74) is 0.446. The van der Waals surface area contributed by atoms with Crippen LogP contribution in [0.15, 0.2) is 29.4 Å². The fourth-order valence-electron chi connectivity index (χ4n) is 1.39. The standard InChI is InChI=1S/C10H10N4O4S/c1-7(15)18-9-5-3-8(4-6-9)14-10(11-12-13-14)19(2,16)17/h3-6H,1-2H3. The van der Waals surface area contributed by atoms with Crippen molar-refractivity contribution in [3.63, 3.8) is 0 Å². The highest BCUT2D eigenvalue weighted by atomic mass is 32.2. The van der Waals surface area contributed by atoms with Crippen molar-refractivity contribution in [3.8, 4) is 11.4 Å². The van der Waals surface area contributed by atoms with Gasteiger partial charge in [-0.05, 0) is 34.7 Å². The maximum Gasteiger partial charge on any atom is 0.308 e. The van der Waals surface area contributed by atoms with Gasteiger partial charge in [-0.3, -0.25) is 4.79 Å². The minimum absolute atomic E-state index is 0.257. The summed E-state index contributed by atoms with van der Waals surface area (Å²) in [6.45, 7) is 1.29. The molecular weight excluding hydrogens is 272 g/mol. The Hall–Kier alpha value is -2.29. The molecule has 19 heavy (non-hydrogen) atoms. The van der Waals surface area contributed by atoms with Crippen molar-refractivity contribution in [1.82, 2.24) is 20.2 Å². The summed E-state index contributed by atoms with van der Waals surface area (Å²) in [6.07, 6.45) is 1.02. The maximum atomic E-state index is 11.5. The van der Waals surface area contributed by atoms with E-state index < -0.39 is 15.8 Å². The van der Waals surface area contributed by atoms with E-state index >= 15 is 0 Å². The first-order chi connectivity index (χ1) is 8.88. The van der Waals surface area contributed by atoms with E-state index in [0.717, 1.165) is 10.9 Å². The fraction of sp³-hybridized carbons (Fsp3) is 0.200. The van der Waals surface area contributed by atoms with E-state index in [0.29, 0.717) is 11.4 Å². The average Bonchev–Trinajstić information content (AvgIpc) is 2.77. The van der Waals surface area contributed by atoms with Gasteiger partial charge in [0.05, 0.1) is 5.69 Å². The van der Waals surface area contributed by atoms with Crippen molar-refractivity contribution in [2.45, 2.75) is 12.1 Å². The smallest absolute Gasteiger partial charge is 0.308 e. The van der Waals surface area contributed by atoms with E-state index in [4.69, 9.17) is 4.74 Å². The first-order valence-corrected chi connectivity index (χ1v) is 7.04. The number of hydrogen-bond donors (Lipinski definition) is 0. The molecule has 9 heteroatoms. The summed E-state index contributed by atoms with van der Waals surface area (Å²) in [6, 6.07) is 6.13. The molecule has 8 nitrogen and oxygen atoms in total. The van der Waals surface area contributed by atoms with Gasteiger partial charge in [-0.25, -0.2) is 8.42 Å². The van der Waals surface area contributed by atoms with Gasteiger partial charge in [0, 0.05) is 13.2 Å². The van der Waals surface area contributed by atoms with Gasteiger partial charge >= 0.3 is 5.97 Å². The second kappa shape index (κ2) is 4.76. The van der Waals surface area contributed by atoms with E-state index in [1.165, 1.54) is 19.1 Å². The number of benzene rings is 1. The Morgan fingerprint density at radius 1 is 1.26 bits per heavy atom. The van der Waals surface area contributed by atoms with E-state index in [9.17, 15) is 13.2 Å². The zero-order chi connectivity index (χ0) is 14.0. The molecule has 2 aromatic rings. The van der Waals surface area contributed by atoms with Gasteiger partial charge in [-0.2, -0.15) is 4.68 Å². The molecule has 0 fully saturated rings. The summed E-state index contributed by atoms with van der Waals surface area (Å²) in [5.74, 6) is -0.0859. The quantitative estimate of drug-likeness (QED) is 0.576. The minimum Gasteiger partial charge on any atom is -0.427 e. The van der Waals surface area contributed by atoms with Gasteiger partial charge in [-0.1, -0.05) is 5.10 Å². The lowest BCUT2D eigenvalue weighted by molar-refractivity contribution is -0.131. The van der Waals surface area contributed by atoms with Crippen LogP contribution in [0.4, 0.5) is 0 Å². The number of tetrazole rings is 1. The molecule has 2 rings (SSSR count). The van der Waals surface area contributed by atoms with Gasteiger partial charge in [0.1, 0.15) is 5.75 Å². The van der Waals surface area contributed by atoms with Crippen molar-refractivity contribution in [1.29, 1.82) is 0 Å². The number of sulfone groups is 1. The van der Waals surface area contributed by atoms with Crippen LogP contribution in [0.2, 0.25) is 0 Å². The number of esters is 1. The number of ether oxygens (including phenoxy) is 1. The minimum atomic E-state index is -3.53. The third-order valence-electron chi connectivity index (χ3n) is 2.12.